The molecular formula is C26H30N4O3. The van der Waals surface area contributed by atoms with Crippen LogP contribution in [0.25, 0.3) is 0 Å². The highest BCUT2D eigenvalue weighted by molar-refractivity contribution is 6.04. The van der Waals surface area contributed by atoms with Crippen LogP contribution in [0.4, 0.5) is 5.69 Å². The second-order valence-electron chi connectivity index (χ2n) is 9.41. The summed E-state index contributed by atoms with van der Waals surface area (Å²) in [5.41, 5.74) is 2.93. The Morgan fingerprint density at radius 2 is 1.79 bits per heavy atom. The van der Waals surface area contributed by atoms with E-state index in [0.717, 1.165) is 23.2 Å². The number of benzene rings is 2. The molecule has 2 saturated heterocycles. The summed E-state index contributed by atoms with van der Waals surface area (Å²) >= 11 is 0. The van der Waals surface area contributed by atoms with Crippen LogP contribution in [0.2, 0.25) is 0 Å². The van der Waals surface area contributed by atoms with Gasteiger partial charge in [0.2, 0.25) is 5.91 Å². The zero-order valence-corrected chi connectivity index (χ0v) is 19.0. The molecule has 7 nitrogen and oxygen atoms in total. The number of rotatable bonds is 3. The molecule has 1 unspecified atom stereocenters. The van der Waals surface area contributed by atoms with Gasteiger partial charge in [-0.3, -0.25) is 19.3 Å². The number of piperazine rings is 1. The molecule has 1 atom stereocenters. The molecule has 0 aromatic heterocycles. The molecule has 1 spiro atoms. The topological polar surface area (TPSA) is 73.0 Å². The summed E-state index contributed by atoms with van der Waals surface area (Å²) in [5.74, 6) is -0.0261. The molecule has 1 N–H and O–H groups in total. The zero-order valence-electron chi connectivity index (χ0n) is 19.0. The third-order valence-electron chi connectivity index (χ3n) is 7.24. The van der Waals surface area contributed by atoms with E-state index >= 15 is 0 Å². The Bertz CT molecular complexity index is 1090. The molecule has 2 aromatic rings. The molecule has 0 saturated carbocycles. The highest BCUT2D eigenvalue weighted by Crippen LogP contribution is 2.39. The Morgan fingerprint density at radius 3 is 2.58 bits per heavy atom. The summed E-state index contributed by atoms with van der Waals surface area (Å²) in [6, 6.07) is 15.5. The highest BCUT2D eigenvalue weighted by atomic mass is 16.2. The zero-order chi connectivity index (χ0) is 23.0. The third-order valence-corrected chi connectivity index (χ3v) is 7.24. The van der Waals surface area contributed by atoms with Crippen LogP contribution in [0, 0.1) is 6.92 Å². The molecule has 33 heavy (non-hydrogen) atoms. The molecule has 5 rings (SSSR count). The van der Waals surface area contributed by atoms with Gasteiger partial charge in [-0.25, -0.2) is 0 Å². The van der Waals surface area contributed by atoms with Crippen LogP contribution in [0.3, 0.4) is 0 Å². The molecule has 3 aliphatic heterocycles. The molecule has 7 heteroatoms. The minimum atomic E-state index is -0.783. The van der Waals surface area contributed by atoms with E-state index in [9.17, 15) is 14.4 Å². The van der Waals surface area contributed by atoms with Gasteiger partial charge < -0.3 is 15.1 Å². The summed E-state index contributed by atoms with van der Waals surface area (Å²) < 4.78 is 0. The van der Waals surface area contributed by atoms with Gasteiger partial charge in [-0.15, -0.1) is 0 Å². The molecular weight excluding hydrogens is 416 g/mol. The lowest BCUT2D eigenvalue weighted by molar-refractivity contribution is -0.144. The Labute approximate surface area is 194 Å². The van der Waals surface area contributed by atoms with Gasteiger partial charge in [0, 0.05) is 50.4 Å². The second-order valence-corrected chi connectivity index (χ2v) is 9.41. The van der Waals surface area contributed by atoms with Gasteiger partial charge in [-0.05, 0) is 43.5 Å². The van der Waals surface area contributed by atoms with Crippen LogP contribution in [0.1, 0.15) is 34.3 Å². The predicted molar refractivity (Wildman–Crippen MR) is 126 cm³/mol. The summed E-state index contributed by atoms with van der Waals surface area (Å²) in [7, 11) is 0. The number of likely N-dealkylation sites (tertiary alicyclic amines) is 1. The van der Waals surface area contributed by atoms with E-state index in [1.807, 2.05) is 65.3 Å². The van der Waals surface area contributed by atoms with Crippen LogP contribution >= 0.6 is 0 Å². The molecule has 3 amide bonds. The molecule has 3 aliphatic rings. The Balaban J connectivity index is 1.22. The van der Waals surface area contributed by atoms with E-state index in [1.54, 1.807) is 0 Å². The number of fused-ring (bicyclic) bond motifs is 1. The number of hydrogen-bond acceptors (Lipinski definition) is 4. The number of aryl methyl sites for hydroxylation is 1. The predicted octanol–water partition coefficient (Wildman–Crippen LogP) is 2.31. The van der Waals surface area contributed by atoms with Crippen molar-refractivity contribution in [3.05, 3.63) is 65.2 Å². The fourth-order valence-electron chi connectivity index (χ4n) is 5.44. The smallest absolute Gasteiger partial charge is 0.253 e. The average Bonchev–Trinajstić information content (AvgIpc) is 3.24. The maximum atomic E-state index is 13.3. The normalized spacial score (nSPS) is 22.9. The number of carbonyl (C=O) groups excluding carboxylic acids is 3. The van der Waals surface area contributed by atoms with Gasteiger partial charge in [0.05, 0.1) is 6.54 Å². The molecule has 3 heterocycles. The van der Waals surface area contributed by atoms with Crippen molar-refractivity contribution >= 4 is 23.4 Å². The van der Waals surface area contributed by atoms with Crippen LogP contribution in [-0.4, -0.2) is 77.2 Å². The largest absolute Gasteiger partial charge is 0.336 e. The van der Waals surface area contributed by atoms with Crippen molar-refractivity contribution in [3.63, 3.8) is 0 Å². The molecule has 0 bridgehead atoms. The highest BCUT2D eigenvalue weighted by Gasteiger charge is 2.51. The van der Waals surface area contributed by atoms with Crippen LogP contribution in [-0.2, 0) is 16.0 Å². The first-order valence-electron chi connectivity index (χ1n) is 11.7. The summed E-state index contributed by atoms with van der Waals surface area (Å²) in [5, 5.41) is 3.03. The lowest BCUT2D eigenvalue weighted by Gasteiger charge is -2.42. The number of carbonyl (C=O) groups is 3. The van der Waals surface area contributed by atoms with E-state index in [0.29, 0.717) is 51.1 Å². The van der Waals surface area contributed by atoms with Crippen molar-refractivity contribution < 1.29 is 14.4 Å². The lowest BCUT2D eigenvalue weighted by Crippen LogP contribution is -2.60. The molecule has 0 aliphatic carbocycles. The van der Waals surface area contributed by atoms with Gasteiger partial charge in [0.25, 0.3) is 11.8 Å². The fraction of sp³-hybridized carbons (Fsp3) is 0.423. The first kappa shape index (κ1) is 21.6. The standard InChI is InChI=1S/C26H30N4O3/c1-19-6-4-8-20(16-19)24(32)29-14-12-28(13-15-29)18-23(31)30-11-5-10-26(30)17-21-7-2-3-9-22(21)27-25(26)33/h2-4,6-9,16H,5,10-15,17-18H2,1H3,(H,27,33). The van der Waals surface area contributed by atoms with Gasteiger partial charge in [-0.1, -0.05) is 35.9 Å². The van der Waals surface area contributed by atoms with Gasteiger partial charge in [-0.2, -0.15) is 0 Å². The Hall–Kier alpha value is -3.19. The fourth-order valence-corrected chi connectivity index (χ4v) is 5.44. The van der Waals surface area contributed by atoms with Crippen molar-refractivity contribution in [2.75, 3.05) is 44.6 Å². The van der Waals surface area contributed by atoms with Crippen LogP contribution in [0.15, 0.2) is 48.5 Å². The van der Waals surface area contributed by atoms with Crippen molar-refractivity contribution in [3.8, 4) is 0 Å². The van der Waals surface area contributed by atoms with Crippen molar-refractivity contribution in [1.29, 1.82) is 0 Å². The average molecular weight is 447 g/mol. The SMILES string of the molecule is Cc1cccc(C(=O)N2CCN(CC(=O)N3CCCC34Cc3ccccc3NC4=O)CC2)c1. The number of nitrogens with zero attached hydrogens (tertiary/aromatic N) is 3. The number of nitrogens with one attached hydrogen (secondary N) is 1. The number of anilines is 1. The summed E-state index contributed by atoms with van der Waals surface area (Å²) in [4.78, 5) is 45.0. The van der Waals surface area contributed by atoms with E-state index in [2.05, 4.69) is 10.2 Å². The van der Waals surface area contributed by atoms with Gasteiger partial charge in [0.1, 0.15) is 5.54 Å². The van der Waals surface area contributed by atoms with E-state index < -0.39 is 5.54 Å². The quantitative estimate of drug-likeness (QED) is 0.785. The minimum Gasteiger partial charge on any atom is -0.336 e. The monoisotopic (exact) mass is 446 g/mol. The molecule has 2 fully saturated rings. The van der Waals surface area contributed by atoms with Gasteiger partial charge >= 0.3 is 0 Å². The van der Waals surface area contributed by atoms with Crippen LogP contribution < -0.4 is 5.32 Å². The summed E-state index contributed by atoms with van der Waals surface area (Å²) in [6.45, 7) is 5.37. The number of para-hydroxylation sites is 1. The summed E-state index contributed by atoms with van der Waals surface area (Å²) in [6.07, 6.45) is 2.09. The molecule has 172 valence electrons. The number of amides is 3. The maximum Gasteiger partial charge on any atom is 0.253 e. The van der Waals surface area contributed by atoms with Crippen molar-refractivity contribution in [2.24, 2.45) is 0 Å². The first-order valence-corrected chi connectivity index (χ1v) is 11.7. The maximum absolute atomic E-state index is 13.3. The van der Waals surface area contributed by atoms with Crippen molar-refractivity contribution in [1.82, 2.24) is 14.7 Å². The van der Waals surface area contributed by atoms with Crippen molar-refractivity contribution in [2.45, 2.75) is 31.7 Å². The van der Waals surface area contributed by atoms with E-state index in [1.165, 1.54) is 0 Å². The van der Waals surface area contributed by atoms with E-state index in [-0.39, 0.29) is 24.3 Å². The first-order chi connectivity index (χ1) is 16.0. The third kappa shape index (κ3) is 4.02. The van der Waals surface area contributed by atoms with E-state index in [4.69, 9.17) is 0 Å². The number of hydrogen-bond donors (Lipinski definition) is 1. The Morgan fingerprint density at radius 1 is 1.00 bits per heavy atom. The molecule has 2 aromatic carbocycles. The second kappa shape index (κ2) is 8.63. The van der Waals surface area contributed by atoms with Gasteiger partial charge in [0.15, 0.2) is 0 Å². The Kier molecular flexibility index (Phi) is 5.66. The van der Waals surface area contributed by atoms with Crippen LogP contribution in [0.5, 0.6) is 0 Å². The molecule has 0 radical (unpaired) electrons. The lowest BCUT2D eigenvalue weighted by atomic mass is 9.83. The minimum absolute atomic E-state index is 0.000455.